The summed E-state index contributed by atoms with van der Waals surface area (Å²) in [4.78, 5) is 14.5. The number of carbonyl (C=O) groups excluding carboxylic acids is 1. The van der Waals surface area contributed by atoms with Crippen LogP contribution in [0, 0.1) is 0 Å². The Morgan fingerprint density at radius 3 is 2.60 bits per heavy atom. The average molecular weight is 275 g/mol. The van der Waals surface area contributed by atoms with E-state index in [1.807, 2.05) is 18.2 Å². The minimum absolute atomic E-state index is 0.0825. The molecule has 1 fully saturated rings. The Balaban J connectivity index is 1.84. The first-order valence-corrected chi connectivity index (χ1v) is 7.60. The maximum atomic E-state index is 12.1. The Morgan fingerprint density at radius 1 is 1.25 bits per heavy atom. The third-order valence-corrected chi connectivity index (χ3v) is 4.02. The van der Waals surface area contributed by atoms with Crippen LogP contribution in [0.15, 0.2) is 24.3 Å². The molecule has 0 spiro atoms. The summed E-state index contributed by atoms with van der Waals surface area (Å²) >= 11 is 0. The van der Waals surface area contributed by atoms with Crippen LogP contribution in [0.3, 0.4) is 0 Å². The van der Waals surface area contributed by atoms with Gasteiger partial charge in [-0.2, -0.15) is 0 Å². The van der Waals surface area contributed by atoms with Gasteiger partial charge in [-0.15, -0.1) is 0 Å². The lowest BCUT2D eigenvalue weighted by Crippen LogP contribution is -2.45. The number of benzene rings is 1. The van der Waals surface area contributed by atoms with E-state index in [0.717, 1.165) is 44.6 Å². The normalized spacial score (nSPS) is 16.9. The van der Waals surface area contributed by atoms with Crippen molar-refractivity contribution in [2.45, 2.75) is 39.2 Å². The van der Waals surface area contributed by atoms with E-state index < -0.39 is 0 Å². The lowest BCUT2D eigenvalue weighted by molar-refractivity contribution is 0.203. The van der Waals surface area contributed by atoms with Gasteiger partial charge < -0.3 is 15.5 Å². The predicted molar refractivity (Wildman–Crippen MR) is 83.1 cm³/mol. The summed E-state index contributed by atoms with van der Waals surface area (Å²) in [5, 5.41) is 6.06. The lowest BCUT2D eigenvalue weighted by Gasteiger charge is -2.31. The molecule has 1 aliphatic heterocycles. The van der Waals surface area contributed by atoms with Crippen LogP contribution in [0.4, 0.5) is 10.5 Å². The largest absolute Gasteiger partial charge is 0.335 e. The first-order chi connectivity index (χ1) is 9.72. The van der Waals surface area contributed by atoms with Crippen molar-refractivity contribution in [3.05, 3.63) is 29.8 Å². The average Bonchev–Trinajstić information content (AvgIpc) is 2.48. The zero-order chi connectivity index (χ0) is 14.4. The van der Waals surface area contributed by atoms with E-state index in [1.54, 1.807) is 0 Å². The molecule has 1 aromatic carbocycles. The van der Waals surface area contributed by atoms with Gasteiger partial charge in [0.15, 0.2) is 0 Å². The van der Waals surface area contributed by atoms with E-state index in [4.69, 9.17) is 0 Å². The molecule has 4 nitrogen and oxygen atoms in total. The summed E-state index contributed by atoms with van der Waals surface area (Å²) in [5.41, 5.74) is 2.09. The van der Waals surface area contributed by atoms with E-state index in [0.29, 0.717) is 6.04 Å². The maximum Gasteiger partial charge on any atom is 0.319 e. The number of rotatable bonds is 4. The van der Waals surface area contributed by atoms with Gasteiger partial charge in [0.05, 0.1) is 0 Å². The van der Waals surface area contributed by atoms with Gasteiger partial charge in [-0.05, 0) is 37.4 Å². The number of para-hydroxylation sites is 1. The van der Waals surface area contributed by atoms with E-state index in [2.05, 4.69) is 35.4 Å². The van der Waals surface area contributed by atoms with E-state index in [1.165, 1.54) is 5.56 Å². The second kappa shape index (κ2) is 7.29. The van der Waals surface area contributed by atoms with Crippen molar-refractivity contribution < 1.29 is 4.79 Å². The molecule has 0 bridgehead atoms. The van der Waals surface area contributed by atoms with Crippen LogP contribution in [0.25, 0.3) is 0 Å². The molecule has 2 rings (SSSR count). The predicted octanol–water partition coefficient (Wildman–Crippen LogP) is 2.85. The molecule has 0 saturated carbocycles. The van der Waals surface area contributed by atoms with Crippen LogP contribution in [0.1, 0.15) is 32.3 Å². The van der Waals surface area contributed by atoms with E-state index >= 15 is 0 Å². The van der Waals surface area contributed by atoms with Crippen molar-refractivity contribution in [1.29, 1.82) is 0 Å². The molecule has 1 aliphatic rings. The Morgan fingerprint density at radius 2 is 1.95 bits per heavy atom. The van der Waals surface area contributed by atoms with Crippen LogP contribution in [0.5, 0.6) is 0 Å². The number of anilines is 1. The van der Waals surface area contributed by atoms with E-state index in [-0.39, 0.29) is 6.03 Å². The molecule has 20 heavy (non-hydrogen) atoms. The Bertz CT molecular complexity index is 439. The van der Waals surface area contributed by atoms with Crippen molar-refractivity contribution in [2.75, 3.05) is 25.0 Å². The standard InChI is InChI=1S/C16H25N3O/c1-3-13-7-5-6-8-15(13)18-16(20)17-14-9-11-19(4-2)12-10-14/h5-8,14H,3-4,9-12H2,1-2H3,(H2,17,18,20). The molecule has 0 unspecified atom stereocenters. The number of nitrogens with one attached hydrogen (secondary N) is 2. The SMILES string of the molecule is CCc1ccccc1NC(=O)NC1CCN(CC)CC1. The van der Waals surface area contributed by atoms with E-state index in [9.17, 15) is 4.79 Å². The highest BCUT2D eigenvalue weighted by Crippen LogP contribution is 2.16. The van der Waals surface area contributed by atoms with Gasteiger partial charge in [0, 0.05) is 24.8 Å². The number of amides is 2. The minimum Gasteiger partial charge on any atom is -0.335 e. The molecule has 1 saturated heterocycles. The van der Waals surface area contributed by atoms with Crippen LogP contribution >= 0.6 is 0 Å². The molecule has 1 aromatic rings. The zero-order valence-corrected chi connectivity index (χ0v) is 12.5. The number of hydrogen-bond donors (Lipinski definition) is 2. The lowest BCUT2D eigenvalue weighted by atomic mass is 10.1. The molecule has 0 radical (unpaired) electrons. The van der Waals surface area contributed by atoms with Gasteiger partial charge in [-0.25, -0.2) is 4.79 Å². The molecule has 4 heteroatoms. The minimum atomic E-state index is -0.0825. The Labute approximate surface area is 121 Å². The van der Waals surface area contributed by atoms with Crippen molar-refractivity contribution in [1.82, 2.24) is 10.2 Å². The highest BCUT2D eigenvalue weighted by Gasteiger charge is 2.19. The number of hydrogen-bond acceptors (Lipinski definition) is 2. The third-order valence-electron chi connectivity index (χ3n) is 4.02. The summed E-state index contributed by atoms with van der Waals surface area (Å²) < 4.78 is 0. The maximum absolute atomic E-state index is 12.1. The fourth-order valence-electron chi connectivity index (χ4n) is 2.69. The first-order valence-electron chi connectivity index (χ1n) is 7.60. The van der Waals surface area contributed by atoms with Crippen molar-refractivity contribution in [2.24, 2.45) is 0 Å². The topological polar surface area (TPSA) is 44.4 Å². The van der Waals surface area contributed by atoms with Crippen molar-refractivity contribution in [3.8, 4) is 0 Å². The molecular weight excluding hydrogens is 250 g/mol. The summed E-state index contributed by atoms with van der Waals surface area (Å²) in [6, 6.07) is 8.18. The second-order valence-electron chi connectivity index (χ2n) is 5.32. The summed E-state index contributed by atoms with van der Waals surface area (Å²) in [6.45, 7) is 7.53. The molecule has 2 N–H and O–H groups in total. The van der Waals surface area contributed by atoms with Gasteiger partial charge in [0.25, 0.3) is 0 Å². The molecule has 0 aromatic heterocycles. The van der Waals surface area contributed by atoms with Crippen molar-refractivity contribution in [3.63, 3.8) is 0 Å². The van der Waals surface area contributed by atoms with Gasteiger partial charge in [0.2, 0.25) is 0 Å². The van der Waals surface area contributed by atoms with Gasteiger partial charge in [-0.3, -0.25) is 0 Å². The Hall–Kier alpha value is -1.55. The molecule has 110 valence electrons. The van der Waals surface area contributed by atoms with Crippen LogP contribution in [-0.4, -0.2) is 36.6 Å². The summed E-state index contributed by atoms with van der Waals surface area (Å²) in [6.07, 6.45) is 3.00. The Kier molecular flexibility index (Phi) is 5.41. The number of likely N-dealkylation sites (tertiary alicyclic amines) is 1. The number of piperidine rings is 1. The monoisotopic (exact) mass is 275 g/mol. The molecular formula is C16H25N3O. The fraction of sp³-hybridized carbons (Fsp3) is 0.562. The number of urea groups is 1. The van der Waals surface area contributed by atoms with Gasteiger partial charge >= 0.3 is 6.03 Å². The zero-order valence-electron chi connectivity index (χ0n) is 12.5. The highest BCUT2D eigenvalue weighted by molar-refractivity contribution is 5.90. The van der Waals surface area contributed by atoms with Crippen LogP contribution < -0.4 is 10.6 Å². The van der Waals surface area contributed by atoms with Gasteiger partial charge in [-0.1, -0.05) is 32.0 Å². The smallest absolute Gasteiger partial charge is 0.319 e. The second-order valence-corrected chi connectivity index (χ2v) is 5.32. The summed E-state index contributed by atoms with van der Waals surface area (Å²) in [5.74, 6) is 0. The van der Waals surface area contributed by atoms with Crippen molar-refractivity contribution >= 4 is 11.7 Å². The highest BCUT2D eigenvalue weighted by atomic mass is 16.2. The fourth-order valence-corrected chi connectivity index (χ4v) is 2.69. The number of nitrogens with zero attached hydrogens (tertiary/aromatic N) is 1. The number of carbonyl (C=O) groups is 1. The first kappa shape index (κ1) is 14.9. The molecule has 2 amide bonds. The van der Waals surface area contributed by atoms with Crippen LogP contribution in [-0.2, 0) is 6.42 Å². The summed E-state index contributed by atoms with van der Waals surface area (Å²) in [7, 11) is 0. The molecule has 1 heterocycles. The molecule has 0 atom stereocenters. The van der Waals surface area contributed by atoms with Crippen LogP contribution in [0.2, 0.25) is 0 Å². The van der Waals surface area contributed by atoms with Gasteiger partial charge in [0.1, 0.15) is 0 Å². The third kappa shape index (κ3) is 3.97. The molecule has 0 aliphatic carbocycles. The quantitative estimate of drug-likeness (QED) is 0.887. The number of aryl methyl sites for hydroxylation is 1.